The smallest absolute Gasteiger partial charge is 0.265 e. The predicted octanol–water partition coefficient (Wildman–Crippen LogP) is 0.627. The number of carbonyl (C=O) groups excluding carboxylic acids is 1. The van der Waals surface area contributed by atoms with Gasteiger partial charge in [-0.3, -0.25) is 10.2 Å². The maximum Gasteiger partial charge on any atom is 0.265 e. The normalized spacial score (nSPS) is 9.65. The predicted molar refractivity (Wildman–Crippen MR) is 66.2 cm³/mol. The Balaban J connectivity index is 2.79. The molecule has 4 nitrogen and oxygen atoms in total. The summed E-state index contributed by atoms with van der Waals surface area (Å²) in [5.74, 6) is 5.54. The van der Waals surface area contributed by atoms with Crippen LogP contribution in [0.15, 0.2) is 24.3 Å². The first-order chi connectivity index (χ1) is 8.13. The summed E-state index contributed by atoms with van der Waals surface area (Å²) in [6.07, 6.45) is 0.439. The third kappa shape index (κ3) is 4.68. The molecule has 2 N–H and O–H groups in total. The summed E-state index contributed by atoms with van der Waals surface area (Å²) >= 11 is 0. The lowest BCUT2D eigenvalue weighted by molar-refractivity contribution is 0.0857. The van der Waals surface area contributed by atoms with Crippen molar-refractivity contribution in [3.8, 4) is 11.8 Å². The molecule has 0 aliphatic heterocycles. The van der Waals surface area contributed by atoms with Gasteiger partial charge < -0.3 is 5.11 Å². The molecule has 0 aliphatic rings. The molecule has 0 unspecified atom stereocenters. The van der Waals surface area contributed by atoms with Crippen molar-refractivity contribution in [2.75, 3.05) is 20.7 Å². The highest BCUT2D eigenvalue weighted by Crippen LogP contribution is 2.04. The van der Waals surface area contributed by atoms with E-state index in [1.54, 1.807) is 37.3 Å². The Kier molecular flexibility index (Phi) is 5.21. The number of nitrogens with zero attached hydrogens (tertiary/aromatic N) is 1. The monoisotopic (exact) mass is 232 g/mol. The second-order valence-electron chi connectivity index (χ2n) is 3.69. The molecule has 0 heterocycles. The van der Waals surface area contributed by atoms with E-state index in [2.05, 4.69) is 17.3 Å². The van der Waals surface area contributed by atoms with Crippen LogP contribution in [0.4, 0.5) is 0 Å². The van der Waals surface area contributed by atoms with Gasteiger partial charge in [-0.15, -0.1) is 0 Å². The van der Waals surface area contributed by atoms with E-state index in [0.29, 0.717) is 12.0 Å². The van der Waals surface area contributed by atoms with Crippen molar-refractivity contribution in [1.29, 1.82) is 0 Å². The molecule has 90 valence electrons. The molecule has 4 heteroatoms. The van der Waals surface area contributed by atoms with Crippen LogP contribution < -0.4 is 5.43 Å². The quantitative estimate of drug-likeness (QED) is 0.593. The number of benzene rings is 1. The van der Waals surface area contributed by atoms with Gasteiger partial charge in [-0.05, 0) is 18.2 Å². The average Bonchev–Trinajstić information content (AvgIpc) is 2.29. The van der Waals surface area contributed by atoms with Crippen molar-refractivity contribution in [2.24, 2.45) is 0 Å². The maximum absolute atomic E-state index is 11.7. The second-order valence-corrected chi connectivity index (χ2v) is 3.69. The Morgan fingerprint density at radius 3 is 2.88 bits per heavy atom. The van der Waals surface area contributed by atoms with Crippen LogP contribution in [0.5, 0.6) is 0 Å². The van der Waals surface area contributed by atoms with Crippen LogP contribution in [-0.2, 0) is 0 Å². The Morgan fingerprint density at radius 2 is 2.24 bits per heavy atom. The zero-order valence-electron chi connectivity index (χ0n) is 10.0. The first-order valence-corrected chi connectivity index (χ1v) is 5.31. The number of hydrogen-bond donors (Lipinski definition) is 2. The van der Waals surface area contributed by atoms with Gasteiger partial charge in [0, 0.05) is 31.6 Å². The zero-order valence-corrected chi connectivity index (χ0v) is 10.0. The molecule has 0 spiro atoms. The van der Waals surface area contributed by atoms with E-state index in [4.69, 9.17) is 5.11 Å². The summed E-state index contributed by atoms with van der Waals surface area (Å²) in [6.45, 7) is 0.0494. The third-order valence-electron chi connectivity index (χ3n) is 1.92. The fraction of sp³-hybridized carbons (Fsp3) is 0.308. The lowest BCUT2D eigenvalue weighted by atomic mass is 10.1. The van der Waals surface area contributed by atoms with Crippen molar-refractivity contribution in [2.45, 2.75) is 6.42 Å². The van der Waals surface area contributed by atoms with Crippen molar-refractivity contribution < 1.29 is 9.90 Å². The van der Waals surface area contributed by atoms with Crippen LogP contribution in [-0.4, -0.2) is 36.7 Å². The average molecular weight is 232 g/mol. The number of amides is 1. The van der Waals surface area contributed by atoms with E-state index < -0.39 is 0 Å². The van der Waals surface area contributed by atoms with Crippen LogP contribution in [0.25, 0.3) is 0 Å². The summed E-state index contributed by atoms with van der Waals surface area (Å²) < 4.78 is 0. The molecule has 0 radical (unpaired) electrons. The summed E-state index contributed by atoms with van der Waals surface area (Å²) in [5, 5.41) is 10.2. The highest BCUT2D eigenvalue weighted by Gasteiger charge is 2.05. The number of hydrazine groups is 1. The Morgan fingerprint density at radius 1 is 1.47 bits per heavy atom. The highest BCUT2D eigenvalue weighted by molar-refractivity contribution is 5.94. The van der Waals surface area contributed by atoms with Gasteiger partial charge >= 0.3 is 0 Å². The van der Waals surface area contributed by atoms with Crippen molar-refractivity contribution in [3.63, 3.8) is 0 Å². The van der Waals surface area contributed by atoms with Crippen LogP contribution in [0.2, 0.25) is 0 Å². The fourth-order valence-electron chi connectivity index (χ4n) is 1.23. The molecule has 1 rings (SSSR count). The highest BCUT2D eigenvalue weighted by atomic mass is 16.2. The number of carbonyl (C=O) groups is 1. The Hall–Kier alpha value is -1.83. The third-order valence-corrected chi connectivity index (χ3v) is 1.92. The minimum Gasteiger partial charge on any atom is -0.395 e. The van der Waals surface area contributed by atoms with Gasteiger partial charge in [0.15, 0.2) is 0 Å². The first-order valence-electron chi connectivity index (χ1n) is 5.31. The van der Waals surface area contributed by atoms with Crippen LogP contribution in [0, 0.1) is 11.8 Å². The Bertz CT molecular complexity index is 444. The lowest BCUT2D eigenvalue weighted by Crippen LogP contribution is -2.36. The zero-order chi connectivity index (χ0) is 12.7. The summed E-state index contributed by atoms with van der Waals surface area (Å²) in [5.41, 5.74) is 3.99. The van der Waals surface area contributed by atoms with Crippen molar-refractivity contribution in [3.05, 3.63) is 35.4 Å². The van der Waals surface area contributed by atoms with E-state index in [-0.39, 0.29) is 12.5 Å². The largest absolute Gasteiger partial charge is 0.395 e. The maximum atomic E-state index is 11.7. The van der Waals surface area contributed by atoms with Gasteiger partial charge in [-0.2, -0.15) is 0 Å². The molecule has 0 bridgehead atoms. The molecule has 0 atom stereocenters. The summed E-state index contributed by atoms with van der Waals surface area (Å²) in [6, 6.07) is 7.07. The SMILES string of the molecule is CN(C)NC(=O)c1cccc(C#CCCO)c1. The van der Waals surface area contributed by atoms with Gasteiger partial charge in [0.25, 0.3) is 5.91 Å². The van der Waals surface area contributed by atoms with E-state index in [0.717, 1.165) is 5.56 Å². The molecule has 0 saturated carbocycles. The van der Waals surface area contributed by atoms with E-state index in [1.807, 2.05) is 6.07 Å². The van der Waals surface area contributed by atoms with Gasteiger partial charge in [-0.25, -0.2) is 5.01 Å². The Labute approximate surface area is 101 Å². The lowest BCUT2D eigenvalue weighted by Gasteiger charge is -2.11. The van der Waals surface area contributed by atoms with E-state index in [9.17, 15) is 4.79 Å². The van der Waals surface area contributed by atoms with Gasteiger partial charge in [-0.1, -0.05) is 17.9 Å². The molecular weight excluding hydrogens is 216 g/mol. The van der Waals surface area contributed by atoms with Gasteiger partial charge in [0.05, 0.1) is 6.61 Å². The number of aliphatic hydroxyl groups is 1. The standard InChI is InChI=1S/C13H16N2O2/c1-15(2)14-13(17)12-8-5-7-11(10-12)6-3-4-9-16/h5,7-8,10,16H,4,9H2,1-2H3,(H,14,17). The molecule has 0 aromatic heterocycles. The number of rotatable bonds is 3. The molecule has 1 aromatic rings. The van der Waals surface area contributed by atoms with Crippen LogP contribution in [0.3, 0.4) is 0 Å². The van der Waals surface area contributed by atoms with E-state index >= 15 is 0 Å². The van der Waals surface area contributed by atoms with E-state index in [1.165, 1.54) is 0 Å². The first kappa shape index (κ1) is 13.2. The molecule has 0 saturated heterocycles. The number of nitrogens with one attached hydrogen (secondary N) is 1. The minimum absolute atomic E-state index is 0.0494. The minimum atomic E-state index is -0.166. The van der Waals surface area contributed by atoms with Crippen molar-refractivity contribution in [1.82, 2.24) is 10.4 Å². The van der Waals surface area contributed by atoms with Gasteiger partial charge in [0.1, 0.15) is 0 Å². The molecular formula is C13H16N2O2. The molecule has 1 amide bonds. The summed E-state index contributed by atoms with van der Waals surface area (Å²) in [4.78, 5) is 11.7. The summed E-state index contributed by atoms with van der Waals surface area (Å²) in [7, 11) is 3.51. The van der Waals surface area contributed by atoms with Crippen LogP contribution >= 0.6 is 0 Å². The molecule has 0 fully saturated rings. The van der Waals surface area contributed by atoms with Gasteiger partial charge in [0.2, 0.25) is 0 Å². The fourth-order valence-corrected chi connectivity index (χ4v) is 1.23. The number of hydrogen-bond acceptors (Lipinski definition) is 3. The number of aliphatic hydroxyl groups excluding tert-OH is 1. The topological polar surface area (TPSA) is 52.6 Å². The molecule has 17 heavy (non-hydrogen) atoms. The molecule has 1 aromatic carbocycles. The van der Waals surface area contributed by atoms with Crippen molar-refractivity contribution >= 4 is 5.91 Å². The molecule has 0 aliphatic carbocycles. The van der Waals surface area contributed by atoms with Crippen LogP contribution in [0.1, 0.15) is 22.3 Å². The second kappa shape index (κ2) is 6.69.